The van der Waals surface area contributed by atoms with E-state index in [2.05, 4.69) is 0 Å². The molecule has 1 rings (SSSR count). The molecular formula is C14H19F2N3O2. The normalized spacial score (nSPS) is 10.3. The van der Waals surface area contributed by atoms with E-state index in [0.29, 0.717) is 13.1 Å². The number of nitrogens with zero attached hydrogens (tertiary/aromatic N) is 2. The van der Waals surface area contributed by atoms with E-state index in [0.717, 1.165) is 17.0 Å². The summed E-state index contributed by atoms with van der Waals surface area (Å²) in [7, 11) is 1.35. The van der Waals surface area contributed by atoms with Crippen LogP contribution in [0.3, 0.4) is 0 Å². The van der Waals surface area contributed by atoms with Gasteiger partial charge in [0.05, 0.1) is 17.8 Å². The highest BCUT2D eigenvalue weighted by molar-refractivity contribution is 5.97. The van der Waals surface area contributed by atoms with Gasteiger partial charge in [-0.3, -0.25) is 9.59 Å². The zero-order valence-electron chi connectivity index (χ0n) is 12.3. The lowest BCUT2D eigenvalue weighted by molar-refractivity contribution is -0.131. The third kappa shape index (κ3) is 3.90. The molecular weight excluding hydrogens is 280 g/mol. The van der Waals surface area contributed by atoms with Gasteiger partial charge in [0.2, 0.25) is 5.91 Å². The van der Waals surface area contributed by atoms with Crippen LogP contribution in [-0.2, 0) is 4.79 Å². The minimum atomic E-state index is -0.983. The molecule has 0 aliphatic heterocycles. The average molecular weight is 299 g/mol. The van der Waals surface area contributed by atoms with Crippen LogP contribution in [0, 0.1) is 11.6 Å². The van der Waals surface area contributed by atoms with Crippen LogP contribution in [0.1, 0.15) is 24.2 Å². The molecule has 0 aliphatic carbocycles. The van der Waals surface area contributed by atoms with Gasteiger partial charge in [-0.05, 0) is 26.0 Å². The van der Waals surface area contributed by atoms with Crippen molar-refractivity contribution in [1.82, 2.24) is 9.80 Å². The number of rotatable bonds is 5. The zero-order chi connectivity index (χ0) is 16.2. The molecule has 0 saturated heterocycles. The highest BCUT2D eigenvalue weighted by Crippen LogP contribution is 2.18. The van der Waals surface area contributed by atoms with E-state index >= 15 is 0 Å². The van der Waals surface area contributed by atoms with Gasteiger partial charge in [0.1, 0.15) is 5.82 Å². The van der Waals surface area contributed by atoms with Gasteiger partial charge < -0.3 is 15.5 Å². The van der Waals surface area contributed by atoms with Crippen LogP contribution in [-0.4, -0.2) is 48.3 Å². The fourth-order valence-corrected chi connectivity index (χ4v) is 1.92. The van der Waals surface area contributed by atoms with Crippen molar-refractivity contribution in [3.8, 4) is 0 Å². The van der Waals surface area contributed by atoms with Crippen LogP contribution in [0.15, 0.2) is 12.1 Å². The van der Waals surface area contributed by atoms with Crippen molar-refractivity contribution in [2.24, 2.45) is 0 Å². The van der Waals surface area contributed by atoms with Gasteiger partial charge in [0, 0.05) is 20.1 Å². The summed E-state index contributed by atoms with van der Waals surface area (Å²) in [6.45, 7) is 4.44. The number of hydrogen-bond donors (Lipinski definition) is 1. The molecule has 0 aromatic heterocycles. The maximum atomic E-state index is 13.8. The SMILES string of the molecule is CCN(CC)C(=O)CN(C)C(=O)c1cc(F)cc(N)c1F. The molecule has 0 saturated carbocycles. The molecule has 0 atom stereocenters. The second kappa shape index (κ2) is 7.01. The van der Waals surface area contributed by atoms with Crippen LogP contribution in [0.4, 0.5) is 14.5 Å². The third-order valence-electron chi connectivity index (χ3n) is 3.13. The summed E-state index contributed by atoms with van der Waals surface area (Å²) < 4.78 is 27.0. The molecule has 0 unspecified atom stereocenters. The number of amides is 2. The van der Waals surface area contributed by atoms with E-state index in [1.165, 1.54) is 7.05 Å². The van der Waals surface area contributed by atoms with Gasteiger partial charge >= 0.3 is 0 Å². The molecule has 7 heteroatoms. The molecule has 1 aromatic rings. The molecule has 0 bridgehead atoms. The molecule has 21 heavy (non-hydrogen) atoms. The van der Waals surface area contributed by atoms with Crippen molar-refractivity contribution in [1.29, 1.82) is 0 Å². The lowest BCUT2D eigenvalue weighted by Gasteiger charge is -2.23. The van der Waals surface area contributed by atoms with Crippen LogP contribution in [0.2, 0.25) is 0 Å². The van der Waals surface area contributed by atoms with Crippen LogP contribution < -0.4 is 5.73 Å². The van der Waals surface area contributed by atoms with E-state index in [1.807, 2.05) is 13.8 Å². The Morgan fingerprint density at radius 3 is 2.29 bits per heavy atom. The fourth-order valence-electron chi connectivity index (χ4n) is 1.92. The van der Waals surface area contributed by atoms with Gasteiger partial charge in [-0.25, -0.2) is 8.78 Å². The van der Waals surface area contributed by atoms with Gasteiger partial charge in [-0.1, -0.05) is 0 Å². The van der Waals surface area contributed by atoms with Gasteiger partial charge in [0.25, 0.3) is 5.91 Å². The maximum absolute atomic E-state index is 13.8. The molecule has 5 nitrogen and oxygen atoms in total. The second-order valence-electron chi connectivity index (χ2n) is 4.58. The van der Waals surface area contributed by atoms with Crippen LogP contribution in [0.5, 0.6) is 0 Å². The first-order chi connectivity index (χ1) is 9.81. The van der Waals surface area contributed by atoms with Gasteiger partial charge in [-0.15, -0.1) is 0 Å². The molecule has 1 aromatic carbocycles. The standard InChI is InChI=1S/C14H19F2N3O2/c1-4-19(5-2)12(20)8-18(3)14(21)10-6-9(15)7-11(17)13(10)16/h6-7H,4-5,8,17H2,1-3H3. The summed E-state index contributed by atoms with van der Waals surface area (Å²) in [6.07, 6.45) is 0. The summed E-state index contributed by atoms with van der Waals surface area (Å²) in [5, 5.41) is 0. The number of hydrogen-bond acceptors (Lipinski definition) is 3. The quantitative estimate of drug-likeness (QED) is 0.838. The molecule has 2 N–H and O–H groups in total. The molecule has 2 amide bonds. The third-order valence-corrected chi connectivity index (χ3v) is 3.13. The number of nitrogens with two attached hydrogens (primary N) is 1. The molecule has 0 aliphatic rings. The Balaban J connectivity index is 2.91. The Bertz CT molecular complexity index is 545. The number of carbonyl (C=O) groups is 2. The Hall–Kier alpha value is -2.18. The Labute approximate surface area is 122 Å². The molecule has 116 valence electrons. The minimum absolute atomic E-state index is 0.212. The van der Waals surface area contributed by atoms with E-state index < -0.39 is 28.8 Å². The van der Waals surface area contributed by atoms with Crippen LogP contribution in [0.25, 0.3) is 0 Å². The smallest absolute Gasteiger partial charge is 0.257 e. The number of benzene rings is 1. The Kier molecular flexibility index (Phi) is 5.63. The lowest BCUT2D eigenvalue weighted by atomic mass is 10.1. The van der Waals surface area contributed by atoms with Crippen molar-refractivity contribution in [3.05, 3.63) is 29.3 Å². The summed E-state index contributed by atoms with van der Waals surface area (Å²) in [6, 6.07) is 1.57. The van der Waals surface area contributed by atoms with Gasteiger partial charge in [0.15, 0.2) is 5.82 Å². The van der Waals surface area contributed by atoms with E-state index in [-0.39, 0.29) is 12.5 Å². The zero-order valence-corrected chi connectivity index (χ0v) is 12.3. The van der Waals surface area contributed by atoms with E-state index in [1.54, 1.807) is 4.90 Å². The second-order valence-corrected chi connectivity index (χ2v) is 4.58. The number of halogens is 2. The Morgan fingerprint density at radius 1 is 1.19 bits per heavy atom. The highest BCUT2D eigenvalue weighted by Gasteiger charge is 2.22. The largest absolute Gasteiger partial charge is 0.396 e. The topological polar surface area (TPSA) is 66.6 Å². The maximum Gasteiger partial charge on any atom is 0.257 e. The first kappa shape index (κ1) is 16.9. The lowest BCUT2D eigenvalue weighted by Crippen LogP contribution is -2.41. The average Bonchev–Trinajstić information content (AvgIpc) is 2.43. The number of anilines is 1. The first-order valence-corrected chi connectivity index (χ1v) is 6.59. The van der Waals surface area contributed by atoms with Crippen molar-refractivity contribution >= 4 is 17.5 Å². The van der Waals surface area contributed by atoms with Gasteiger partial charge in [-0.2, -0.15) is 0 Å². The Morgan fingerprint density at radius 2 is 1.76 bits per heavy atom. The summed E-state index contributed by atoms with van der Waals surface area (Å²) in [5.74, 6) is -2.84. The van der Waals surface area contributed by atoms with Crippen molar-refractivity contribution in [3.63, 3.8) is 0 Å². The molecule has 0 spiro atoms. The van der Waals surface area contributed by atoms with Crippen molar-refractivity contribution < 1.29 is 18.4 Å². The predicted octanol–water partition coefficient (Wildman–Crippen LogP) is 1.49. The molecule has 0 radical (unpaired) electrons. The molecule has 0 fully saturated rings. The summed E-state index contributed by atoms with van der Waals surface area (Å²) in [4.78, 5) is 26.6. The number of likely N-dealkylation sites (N-methyl/N-ethyl adjacent to an activating group) is 2. The summed E-state index contributed by atoms with van der Waals surface area (Å²) in [5.41, 5.74) is 4.36. The first-order valence-electron chi connectivity index (χ1n) is 6.59. The van der Waals surface area contributed by atoms with Crippen LogP contribution >= 0.6 is 0 Å². The highest BCUT2D eigenvalue weighted by atomic mass is 19.1. The van der Waals surface area contributed by atoms with Crippen molar-refractivity contribution in [2.75, 3.05) is 32.4 Å². The van der Waals surface area contributed by atoms with E-state index in [4.69, 9.17) is 5.73 Å². The number of nitrogen functional groups attached to an aromatic ring is 1. The summed E-state index contributed by atoms with van der Waals surface area (Å²) >= 11 is 0. The fraction of sp³-hybridized carbons (Fsp3) is 0.429. The van der Waals surface area contributed by atoms with E-state index in [9.17, 15) is 18.4 Å². The number of carbonyl (C=O) groups excluding carboxylic acids is 2. The molecule has 0 heterocycles. The monoisotopic (exact) mass is 299 g/mol. The predicted molar refractivity (Wildman–Crippen MR) is 75.7 cm³/mol. The minimum Gasteiger partial charge on any atom is -0.396 e. The van der Waals surface area contributed by atoms with Crippen molar-refractivity contribution in [2.45, 2.75) is 13.8 Å².